The molecule has 2 unspecified atom stereocenters. The van der Waals surface area contributed by atoms with E-state index in [-0.39, 0.29) is 5.71 Å². The number of hydrogen-bond donors (Lipinski definition) is 2. The molecule has 4 rings (SSSR count). The normalized spacial score (nSPS) is 20.9. The molecule has 2 atom stereocenters. The van der Waals surface area contributed by atoms with Crippen molar-refractivity contribution in [3.05, 3.63) is 77.9 Å². The van der Waals surface area contributed by atoms with Gasteiger partial charge in [-0.2, -0.15) is 0 Å². The molecule has 2 aromatic rings. The van der Waals surface area contributed by atoms with Crippen LogP contribution in [-0.2, 0) is 0 Å². The Bertz CT molecular complexity index is 864. The standard InChI is InChI=1S/C20H16N2S/c21-12-18(22)14-6-3-5-13(11-14)15-8-4-9-17-16-7-1-2-10-19(16)23-20(15)17/h1-12,16,19,21-22H. The average Bonchev–Trinajstić information content (AvgIpc) is 3.00. The summed E-state index contributed by atoms with van der Waals surface area (Å²) in [5.41, 5.74) is 4.76. The number of rotatable bonds is 3. The van der Waals surface area contributed by atoms with E-state index in [4.69, 9.17) is 10.8 Å². The van der Waals surface area contributed by atoms with Crippen LogP contribution in [0.5, 0.6) is 0 Å². The highest BCUT2D eigenvalue weighted by Gasteiger charge is 2.32. The third-order valence-electron chi connectivity index (χ3n) is 4.37. The summed E-state index contributed by atoms with van der Waals surface area (Å²) in [6, 6.07) is 14.5. The smallest absolute Gasteiger partial charge is 0.0787 e. The second kappa shape index (κ2) is 5.67. The second-order valence-corrected chi connectivity index (χ2v) is 6.93. The predicted octanol–water partition coefficient (Wildman–Crippen LogP) is 5.05. The summed E-state index contributed by atoms with van der Waals surface area (Å²) >= 11 is 1.92. The number of benzene rings is 2. The largest absolute Gasteiger partial charge is 0.307 e. The zero-order valence-electron chi connectivity index (χ0n) is 12.5. The summed E-state index contributed by atoms with van der Waals surface area (Å²) in [6.07, 6.45) is 9.92. The van der Waals surface area contributed by atoms with E-state index in [1.807, 2.05) is 30.0 Å². The summed E-state index contributed by atoms with van der Waals surface area (Å²) in [4.78, 5) is 1.34. The minimum absolute atomic E-state index is 0.242. The maximum absolute atomic E-state index is 7.86. The molecule has 2 nitrogen and oxygen atoms in total. The average molecular weight is 316 g/mol. The van der Waals surface area contributed by atoms with Gasteiger partial charge in [-0.3, -0.25) is 5.41 Å². The van der Waals surface area contributed by atoms with Crippen LogP contribution in [0.25, 0.3) is 11.1 Å². The lowest BCUT2D eigenvalue weighted by Crippen LogP contribution is -2.06. The van der Waals surface area contributed by atoms with Crippen LogP contribution in [0.2, 0.25) is 0 Å². The molecule has 1 heterocycles. The molecule has 0 radical (unpaired) electrons. The molecule has 23 heavy (non-hydrogen) atoms. The van der Waals surface area contributed by atoms with Crippen LogP contribution in [0.15, 0.2) is 71.7 Å². The predicted molar refractivity (Wildman–Crippen MR) is 98.2 cm³/mol. The van der Waals surface area contributed by atoms with E-state index in [1.165, 1.54) is 16.0 Å². The van der Waals surface area contributed by atoms with Crippen molar-refractivity contribution < 1.29 is 0 Å². The minimum atomic E-state index is 0.242. The fourth-order valence-corrected chi connectivity index (χ4v) is 4.71. The van der Waals surface area contributed by atoms with E-state index >= 15 is 0 Å². The summed E-state index contributed by atoms with van der Waals surface area (Å²) in [7, 11) is 0. The lowest BCUT2D eigenvalue weighted by molar-refractivity contribution is 0.881. The van der Waals surface area contributed by atoms with Gasteiger partial charge in [-0.1, -0.05) is 60.7 Å². The Kier molecular flexibility index (Phi) is 3.50. The first-order valence-corrected chi connectivity index (χ1v) is 8.50. The molecule has 0 fully saturated rings. The molecule has 0 amide bonds. The monoisotopic (exact) mass is 316 g/mol. The number of nitrogens with one attached hydrogen (secondary N) is 2. The number of allylic oxidation sites excluding steroid dienone is 3. The topological polar surface area (TPSA) is 47.7 Å². The van der Waals surface area contributed by atoms with E-state index in [1.54, 1.807) is 0 Å². The Morgan fingerprint density at radius 3 is 2.74 bits per heavy atom. The van der Waals surface area contributed by atoms with Crippen molar-refractivity contribution in [3.63, 3.8) is 0 Å². The Morgan fingerprint density at radius 1 is 1.04 bits per heavy atom. The van der Waals surface area contributed by atoms with Gasteiger partial charge in [-0.25, -0.2) is 0 Å². The fourth-order valence-electron chi connectivity index (χ4n) is 3.23. The van der Waals surface area contributed by atoms with Crippen LogP contribution >= 0.6 is 11.8 Å². The molecular formula is C20H16N2S. The quantitative estimate of drug-likeness (QED) is 0.764. The van der Waals surface area contributed by atoms with Gasteiger partial charge in [0, 0.05) is 27.8 Å². The maximum atomic E-state index is 7.86. The van der Waals surface area contributed by atoms with Gasteiger partial charge < -0.3 is 5.41 Å². The molecule has 0 saturated heterocycles. The molecule has 112 valence electrons. The molecule has 0 aromatic heterocycles. The van der Waals surface area contributed by atoms with E-state index in [2.05, 4.69) is 48.6 Å². The fraction of sp³-hybridized carbons (Fsp3) is 0.100. The van der Waals surface area contributed by atoms with Crippen molar-refractivity contribution in [1.29, 1.82) is 10.8 Å². The van der Waals surface area contributed by atoms with E-state index in [0.29, 0.717) is 11.2 Å². The SMILES string of the molecule is N=CC(=N)c1cccc(-c2cccc3c2SC2C=CC=CC32)c1. The third-order valence-corrected chi connectivity index (χ3v) is 5.79. The summed E-state index contributed by atoms with van der Waals surface area (Å²) in [5, 5.41) is 15.6. The zero-order chi connectivity index (χ0) is 15.8. The summed E-state index contributed by atoms with van der Waals surface area (Å²) in [5.74, 6) is 0.461. The van der Waals surface area contributed by atoms with Gasteiger partial charge in [0.2, 0.25) is 0 Å². The molecule has 2 N–H and O–H groups in total. The highest BCUT2D eigenvalue weighted by atomic mass is 32.2. The van der Waals surface area contributed by atoms with Crippen LogP contribution in [0.4, 0.5) is 0 Å². The van der Waals surface area contributed by atoms with Gasteiger partial charge in [0.15, 0.2) is 0 Å². The van der Waals surface area contributed by atoms with Gasteiger partial charge in [-0.15, -0.1) is 11.8 Å². The highest BCUT2D eigenvalue weighted by Crippen LogP contribution is 2.51. The summed E-state index contributed by atoms with van der Waals surface area (Å²) < 4.78 is 0. The Labute approximate surface area is 140 Å². The molecule has 2 aromatic carbocycles. The highest BCUT2D eigenvalue weighted by molar-refractivity contribution is 8.00. The van der Waals surface area contributed by atoms with Crippen molar-refractivity contribution >= 4 is 23.7 Å². The number of thioether (sulfide) groups is 1. The molecular weight excluding hydrogens is 300 g/mol. The van der Waals surface area contributed by atoms with E-state index in [9.17, 15) is 0 Å². The lowest BCUT2D eigenvalue weighted by atomic mass is 9.90. The van der Waals surface area contributed by atoms with Gasteiger partial charge in [-0.05, 0) is 22.8 Å². The third kappa shape index (κ3) is 2.37. The van der Waals surface area contributed by atoms with Crippen molar-refractivity contribution in [2.24, 2.45) is 0 Å². The Morgan fingerprint density at radius 2 is 1.87 bits per heavy atom. The molecule has 2 aliphatic rings. The maximum Gasteiger partial charge on any atom is 0.0787 e. The molecule has 3 heteroatoms. The minimum Gasteiger partial charge on any atom is -0.307 e. The van der Waals surface area contributed by atoms with Crippen LogP contribution in [0.1, 0.15) is 17.0 Å². The van der Waals surface area contributed by atoms with Gasteiger partial charge >= 0.3 is 0 Å². The Hall–Kier alpha value is -2.39. The van der Waals surface area contributed by atoms with Gasteiger partial charge in [0.25, 0.3) is 0 Å². The first kappa shape index (κ1) is 14.2. The van der Waals surface area contributed by atoms with Crippen LogP contribution in [0.3, 0.4) is 0 Å². The van der Waals surface area contributed by atoms with Crippen molar-refractivity contribution in [1.82, 2.24) is 0 Å². The van der Waals surface area contributed by atoms with Gasteiger partial charge in [0.05, 0.1) is 5.71 Å². The first-order chi connectivity index (χ1) is 11.3. The summed E-state index contributed by atoms with van der Waals surface area (Å²) in [6.45, 7) is 0. The van der Waals surface area contributed by atoms with E-state index in [0.717, 1.165) is 17.3 Å². The van der Waals surface area contributed by atoms with Crippen LogP contribution < -0.4 is 0 Å². The van der Waals surface area contributed by atoms with E-state index < -0.39 is 0 Å². The van der Waals surface area contributed by atoms with Crippen molar-refractivity contribution in [2.75, 3.05) is 0 Å². The van der Waals surface area contributed by atoms with Crippen molar-refractivity contribution in [2.45, 2.75) is 16.1 Å². The van der Waals surface area contributed by atoms with Crippen molar-refractivity contribution in [3.8, 4) is 11.1 Å². The van der Waals surface area contributed by atoms with Gasteiger partial charge in [0.1, 0.15) is 0 Å². The Balaban J connectivity index is 1.82. The molecule has 1 aliphatic heterocycles. The second-order valence-electron chi connectivity index (χ2n) is 5.74. The van der Waals surface area contributed by atoms with Crippen LogP contribution in [0, 0.1) is 10.8 Å². The molecule has 0 bridgehead atoms. The molecule has 0 spiro atoms. The molecule has 1 aliphatic carbocycles. The zero-order valence-corrected chi connectivity index (χ0v) is 13.3. The number of fused-ring (bicyclic) bond motifs is 3. The van der Waals surface area contributed by atoms with Crippen LogP contribution in [-0.4, -0.2) is 17.2 Å². The number of hydrogen-bond acceptors (Lipinski definition) is 3. The first-order valence-electron chi connectivity index (χ1n) is 7.62. The lowest BCUT2D eigenvalue weighted by Gasteiger charge is -2.14. The molecule has 0 saturated carbocycles.